The molecule has 0 unspecified atom stereocenters. The van der Waals surface area contributed by atoms with Gasteiger partial charge in [0.1, 0.15) is 43.4 Å². The number of benzene rings is 4. The van der Waals surface area contributed by atoms with Crippen LogP contribution < -0.4 is 32.6 Å². The maximum atomic E-state index is 13.6. The van der Waals surface area contributed by atoms with Gasteiger partial charge in [-0.25, -0.2) is 60.3 Å². The van der Waals surface area contributed by atoms with Gasteiger partial charge < -0.3 is 40.6 Å². The number of hydrogen-bond donors (Lipinski definition) is 8. The first-order chi connectivity index (χ1) is 51.7. The Labute approximate surface area is 629 Å². The fourth-order valence-corrected chi connectivity index (χ4v) is 12.6. The molecule has 0 radical (unpaired) electrons. The lowest BCUT2D eigenvalue weighted by atomic mass is 10.0. The predicted molar refractivity (Wildman–Crippen MR) is 382 cm³/mol. The number of ketones is 1. The summed E-state index contributed by atoms with van der Waals surface area (Å²) >= 11 is 12.3. The van der Waals surface area contributed by atoms with Crippen LogP contribution in [0.15, 0.2) is 120 Å². The maximum absolute atomic E-state index is 13.6. The highest BCUT2D eigenvalue weighted by atomic mass is 35.5. The molecule has 6 atom stereocenters. The van der Waals surface area contributed by atoms with Crippen molar-refractivity contribution in [3.05, 3.63) is 141 Å². The van der Waals surface area contributed by atoms with E-state index in [0.717, 1.165) is 35.6 Å². The molecule has 0 aliphatic carbocycles. The summed E-state index contributed by atoms with van der Waals surface area (Å²) in [6.07, 6.45) is 3.25. The number of urea groups is 3. The predicted octanol–water partition coefficient (Wildman–Crippen LogP) is 3.35. The molecule has 4 aromatic rings. The fourth-order valence-electron chi connectivity index (χ4n) is 12.1. The summed E-state index contributed by atoms with van der Waals surface area (Å²) in [6.45, 7) is 3.59. The zero-order valence-corrected chi connectivity index (χ0v) is 60.5. The lowest BCUT2D eigenvalue weighted by molar-refractivity contribution is -0.156. The van der Waals surface area contributed by atoms with Crippen LogP contribution in [0.5, 0.6) is 0 Å². The fraction of sp³-hybridized carbons (Fsp3) is 0.414. The van der Waals surface area contributed by atoms with Crippen LogP contribution in [0.2, 0.25) is 10.0 Å². The third-order valence-corrected chi connectivity index (χ3v) is 18.2. The van der Waals surface area contributed by atoms with E-state index < -0.39 is 115 Å². The number of Topliss-reactive ketones (excluding diaryl/α,β-unsaturated/α-hetero) is 1. The highest BCUT2D eigenvalue weighted by Gasteiger charge is 2.48. The number of carboxylic acids is 2. The number of carboxylic acid groups (broad SMARTS) is 2. The van der Waals surface area contributed by atoms with Gasteiger partial charge in [0.2, 0.25) is 35.4 Å². The number of hydrazine groups is 6. The topological polar surface area (TPSA) is 455 Å². The van der Waals surface area contributed by atoms with E-state index in [1.807, 2.05) is 30.3 Å². The molecule has 6 aliphatic heterocycles. The van der Waals surface area contributed by atoms with Gasteiger partial charge in [-0.05, 0) is 94.3 Å². The average Bonchev–Trinajstić information content (AvgIpc) is 1.52. The van der Waals surface area contributed by atoms with E-state index in [4.69, 9.17) is 38.7 Å². The standard InChI is InChI=1S/C28H30Cl2N6O7.C28H32N6O7.C14H21N5O5/c1-17(33-43-16-19-20(29)9-5-10-21(19)30)22(15-25(38)39)31-27(41)23-11-6-13-35-24(37)12-14-34(28(42)36(23)35)32-26(40)18-7-3-2-4-8-18;35-24-13-16-32(31-26(38)21-10-5-2-6-11-21)28(40)34-23(12-7-15-33(24)34)27(39)30-22(18-25(36)37)19-29-41-17-14-20-8-3-1-4-9-20;1-9(21)7-10(8-20)16-13(23)11-3-2-5-18-12(22)4-6-17(15)14(24)19(11)18/h2-5,7-10,22-23H,6,11-16H2,1H3,(H,31,41)(H,32,40)(H,38,39);1-6,8-11,19,22-23H,7,12-18H2,(H,30,39)(H,31,38)(H,36,37);8,10-11H,2-7,15H2,1H3,(H,16,23)/b33-17+;29-19+;/t2*22-,23-;10-,11-/m000/s1. The van der Waals surface area contributed by atoms with E-state index in [1.54, 1.807) is 78.9 Å². The number of aldehydes is 1. The number of rotatable bonds is 26. The van der Waals surface area contributed by atoms with Gasteiger partial charge in [-0.1, -0.05) is 106 Å². The molecule has 6 aliphatic rings. The highest BCUT2D eigenvalue weighted by Crippen LogP contribution is 2.29. The van der Waals surface area contributed by atoms with Crippen molar-refractivity contribution in [1.82, 2.24) is 71.9 Å². The number of hydrogen-bond acceptors (Lipinski definition) is 20. The van der Waals surface area contributed by atoms with Gasteiger partial charge in [0.25, 0.3) is 11.8 Å². The maximum Gasteiger partial charge on any atom is 0.358 e. The van der Waals surface area contributed by atoms with Crippen molar-refractivity contribution in [3.63, 3.8) is 0 Å². The number of oxime groups is 2. The number of nitrogens with zero attached hydrogens (tertiary/aromatic N) is 11. The van der Waals surface area contributed by atoms with Crippen LogP contribution in [0.25, 0.3) is 0 Å². The highest BCUT2D eigenvalue weighted by molar-refractivity contribution is 6.36. The first-order valence-corrected chi connectivity index (χ1v) is 35.3. The molecule has 14 amide bonds. The molecule has 38 heteroatoms. The van der Waals surface area contributed by atoms with Gasteiger partial charge in [-0.3, -0.25) is 68.6 Å². The molecule has 9 N–H and O–H groups in total. The van der Waals surface area contributed by atoms with Crippen molar-refractivity contribution in [2.24, 2.45) is 16.2 Å². The van der Waals surface area contributed by atoms with Crippen LogP contribution in [0, 0.1) is 0 Å². The Balaban J connectivity index is 0.000000212. The first-order valence-electron chi connectivity index (χ1n) is 34.5. The summed E-state index contributed by atoms with van der Waals surface area (Å²) in [4.78, 5) is 198. The van der Waals surface area contributed by atoms with E-state index in [9.17, 15) is 82.1 Å². The van der Waals surface area contributed by atoms with E-state index in [-0.39, 0.29) is 108 Å². The molecule has 0 aromatic heterocycles. The molecule has 4 aromatic carbocycles. The van der Waals surface area contributed by atoms with Crippen LogP contribution in [-0.4, -0.2) is 239 Å². The number of carbonyl (C=O) groups excluding carboxylic acids is 13. The number of nitrogens with two attached hydrogens (primary N) is 1. The summed E-state index contributed by atoms with van der Waals surface area (Å²) in [5.41, 5.74) is 7.36. The van der Waals surface area contributed by atoms with Crippen LogP contribution in [0.3, 0.4) is 0 Å². The number of nitrogens with one attached hydrogen (secondary N) is 5. The second kappa shape index (κ2) is 39.5. The summed E-state index contributed by atoms with van der Waals surface area (Å²) in [5, 5.41) is 44.8. The number of aliphatic carboxylic acids is 2. The van der Waals surface area contributed by atoms with Gasteiger partial charge in [0.15, 0.2) is 0 Å². The third-order valence-electron chi connectivity index (χ3n) is 17.5. The lowest BCUT2D eigenvalue weighted by Crippen LogP contribution is -2.65. The quantitative estimate of drug-likeness (QED) is 0.0112. The number of halogens is 2. The van der Waals surface area contributed by atoms with Crippen molar-refractivity contribution >= 4 is 124 Å². The molecular weight excluding hydrogens is 1450 g/mol. The number of carbonyl (C=O) groups is 15. The second-order valence-corrected chi connectivity index (χ2v) is 26.1. The monoisotopic (exact) mass is 1540 g/mol. The molecule has 576 valence electrons. The van der Waals surface area contributed by atoms with Crippen molar-refractivity contribution in [2.75, 3.05) is 45.9 Å². The van der Waals surface area contributed by atoms with Crippen molar-refractivity contribution in [1.29, 1.82) is 0 Å². The van der Waals surface area contributed by atoms with Crippen molar-refractivity contribution < 1.29 is 91.8 Å². The Kier molecular flexibility index (Phi) is 30.0. The zero-order valence-electron chi connectivity index (χ0n) is 58.9. The Hall–Kier alpha value is -11.8. The first kappa shape index (κ1) is 81.9. The molecule has 108 heavy (non-hydrogen) atoms. The Morgan fingerprint density at radius 1 is 0.546 bits per heavy atom. The van der Waals surface area contributed by atoms with Gasteiger partial charge in [0.05, 0.1) is 56.0 Å². The Bertz CT molecular complexity index is 4010. The van der Waals surface area contributed by atoms with E-state index in [2.05, 4.69) is 37.1 Å². The van der Waals surface area contributed by atoms with Crippen LogP contribution in [-0.2, 0) is 70.6 Å². The minimum Gasteiger partial charge on any atom is -0.481 e. The van der Waals surface area contributed by atoms with E-state index in [0.29, 0.717) is 71.7 Å². The number of fused-ring (bicyclic) bond motifs is 3. The molecular formula is C70H83Cl2N17O19. The molecule has 36 nitrogen and oxygen atoms in total. The molecule has 6 saturated heterocycles. The van der Waals surface area contributed by atoms with E-state index in [1.165, 1.54) is 35.1 Å². The van der Waals surface area contributed by atoms with Gasteiger partial charge in [0, 0.05) is 85.0 Å². The Morgan fingerprint density at radius 3 is 1.44 bits per heavy atom. The van der Waals surface area contributed by atoms with Crippen LogP contribution >= 0.6 is 23.2 Å². The van der Waals surface area contributed by atoms with E-state index >= 15 is 0 Å². The zero-order chi connectivity index (χ0) is 78.1. The Morgan fingerprint density at radius 2 is 0.981 bits per heavy atom. The molecule has 6 heterocycles. The second-order valence-electron chi connectivity index (χ2n) is 25.3. The third kappa shape index (κ3) is 22.4. The number of amides is 14. The van der Waals surface area contributed by atoms with Gasteiger partial charge >= 0.3 is 30.0 Å². The molecule has 0 saturated carbocycles. The molecule has 10 rings (SSSR count). The van der Waals surface area contributed by atoms with Crippen LogP contribution in [0.1, 0.15) is 123 Å². The summed E-state index contributed by atoms with van der Waals surface area (Å²) in [5.74, 6) is -1.09. The molecule has 0 bridgehead atoms. The van der Waals surface area contributed by atoms with Gasteiger partial charge in [-0.15, -0.1) is 0 Å². The SMILES string of the molecule is C/C(=N\OCc1c(Cl)cccc1Cl)[C@H](CC(=O)O)NC(=O)[C@@H]1CCCN2C(=O)CCN(NC(=O)c3ccccc3)C(=O)N12.CC(=O)C[C@@H](C=O)NC(=O)[C@@H]1CCCN2C(=O)CCN(N)C(=O)N12.O=C(O)C[C@@H](/C=N/OCCc1ccccc1)NC(=O)[C@@H]1CCCN2C(=O)CCN(NC(=O)c3ccccc3)C(=O)N12. The van der Waals surface area contributed by atoms with Crippen molar-refractivity contribution in [2.45, 2.75) is 140 Å². The minimum atomic E-state index is -1.21. The largest absolute Gasteiger partial charge is 0.481 e. The summed E-state index contributed by atoms with van der Waals surface area (Å²) in [7, 11) is 0. The summed E-state index contributed by atoms with van der Waals surface area (Å²) in [6, 6.07) is 22.6. The normalized spacial score (nSPS) is 19.0. The van der Waals surface area contributed by atoms with Crippen molar-refractivity contribution in [3.8, 4) is 0 Å². The molecule has 6 fully saturated rings. The average molecular weight is 1540 g/mol. The van der Waals surface area contributed by atoms with Gasteiger partial charge in [-0.2, -0.15) is 0 Å². The van der Waals surface area contributed by atoms with Crippen LogP contribution in [0.4, 0.5) is 14.4 Å². The smallest absolute Gasteiger partial charge is 0.358 e. The summed E-state index contributed by atoms with van der Waals surface area (Å²) < 4.78 is 0. The minimum absolute atomic E-state index is 0.0553. The molecule has 0 spiro atoms. The lowest BCUT2D eigenvalue weighted by Gasteiger charge is -2.43.